The SMILES string of the molecule is Cc1cc(=O)oc2cc(OC[C@@H](O)C[NH+]3C[C@@H](C)O[C@H](C)C3)ccc12. The minimum absolute atomic E-state index is 0.203. The van der Waals surface area contributed by atoms with Gasteiger partial charge >= 0.3 is 5.63 Å². The number of morpholine rings is 1. The lowest BCUT2D eigenvalue weighted by Crippen LogP contribution is -3.16. The normalized spacial score (nSPS) is 25.0. The second kappa shape index (κ2) is 7.56. The van der Waals surface area contributed by atoms with Gasteiger partial charge in [-0.3, -0.25) is 0 Å². The number of ether oxygens (including phenoxy) is 2. The monoisotopic (exact) mass is 348 g/mol. The summed E-state index contributed by atoms with van der Waals surface area (Å²) in [6, 6.07) is 6.86. The zero-order chi connectivity index (χ0) is 18.0. The molecule has 1 aliphatic rings. The molecule has 6 nitrogen and oxygen atoms in total. The Morgan fingerprint density at radius 2 is 2.00 bits per heavy atom. The van der Waals surface area contributed by atoms with Crippen LogP contribution in [0.25, 0.3) is 11.0 Å². The van der Waals surface area contributed by atoms with Crippen LogP contribution in [0.5, 0.6) is 5.75 Å². The molecule has 3 rings (SSSR count). The molecule has 3 atom stereocenters. The first-order valence-corrected chi connectivity index (χ1v) is 8.75. The number of rotatable bonds is 5. The minimum atomic E-state index is -0.562. The van der Waals surface area contributed by atoms with Gasteiger partial charge in [0.1, 0.15) is 55.9 Å². The molecule has 1 fully saturated rings. The Kier molecular flexibility index (Phi) is 5.42. The Morgan fingerprint density at radius 3 is 2.72 bits per heavy atom. The first kappa shape index (κ1) is 17.9. The molecule has 0 amide bonds. The Bertz CT molecular complexity index is 777. The van der Waals surface area contributed by atoms with E-state index in [1.54, 1.807) is 6.07 Å². The number of fused-ring (bicyclic) bond motifs is 1. The quantitative estimate of drug-likeness (QED) is 0.772. The van der Waals surface area contributed by atoms with Crippen LogP contribution in [0, 0.1) is 6.92 Å². The molecule has 1 saturated heterocycles. The molecular weight excluding hydrogens is 322 g/mol. The second-order valence-corrected chi connectivity index (χ2v) is 6.99. The fraction of sp³-hybridized carbons (Fsp3) is 0.526. The molecule has 25 heavy (non-hydrogen) atoms. The highest BCUT2D eigenvalue weighted by molar-refractivity contribution is 5.81. The van der Waals surface area contributed by atoms with Crippen LogP contribution in [0.4, 0.5) is 0 Å². The molecule has 1 aromatic heterocycles. The largest absolute Gasteiger partial charge is 0.491 e. The summed E-state index contributed by atoms with van der Waals surface area (Å²) in [5, 5.41) is 11.2. The zero-order valence-electron chi connectivity index (χ0n) is 15.0. The lowest BCUT2D eigenvalue weighted by atomic mass is 10.1. The van der Waals surface area contributed by atoms with E-state index < -0.39 is 6.10 Å². The van der Waals surface area contributed by atoms with Gasteiger partial charge in [0.25, 0.3) is 0 Å². The van der Waals surface area contributed by atoms with E-state index in [9.17, 15) is 9.90 Å². The molecule has 2 aromatic rings. The molecule has 1 aromatic carbocycles. The first-order chi connectivity index (χ1) is 11.9. The molecule has 136 valence electrons. The van der Waals surface area contributed by atoms with Crippen molar-refractivity contribution in [2.75, 3.05) is 26.2 Å². The van der Waals surface area contributed by atoms with Crippen LogP contribution < -0.4 is 15.3 Å². The van der Waals surface area contributed by atoms with Crippen LogP contribution in [0.3, 0.4) is 0 Å². The zero-order valence-corrected chi connectivity index (χ0v) is 15.0. The van der Waals surface area contributed by atoms with Crippen molar-refractivity contribution in [2.45, 2.75) is 39.1 Å². The van der Waals surface area contributed by atoms with Crippen LogP contribution in [0.1, 0.15) is 19.4 Å². The fourth-order valence-electron chi connectivity index (χ4n) is 3.54. The molecule has 0 saturated carbocycles. The highest BCUT2D eigenvalue weighted by Gasteiger charge is 2.27. The van der Waals surface area contributed by atoms with Gasteiger partial charge < -0.3 is 23.9 Å². The van der Waals surface area contributed by atoms with Gasteiger partial charge in [-0.25, -0.2) is 4.79 Å². The predicted molar refractivity (Wildman–Crippen MR) is 94.3 cm³/mol. The van der Waals surface area contributed by atoms with Crippen molar-refractivity contribution in [1.29, 1.82) is 0 Å². The Morgan fingerprint density at radius 1 is 1.28 bits per heavy atom. The van der Waals surface area contributed by atoms with Crippen molar-refractivity contribution in [3.63, 3.8) is 0 Å². The number of aliphatic hydroxyl groups is 1. The average molecular weight is 348 g/mol. The minimum Gasteiger partial charge on any atom is -0.491 e. The van der Waals surface area contributed by atoms with Gasteiger partial charge in [-0.15, -0.1) is 0 Å². The van der Waals surface area contributed by atoms with Gasteiger partial charge in [-0.2, -0.15) is 0 Å². The lowest BCUT2D eigenvalue weighted by molar-refractivity contribution is -0.918. The lowest BCUT2D eigenvalue weighted by Gasteiger charge is -2.33. The van der Waals surface area contributed by atoms with Gasteiger partial charge in [0.05, 0.1) is 0 Å². The van der Waals surface area contributed by atoms with Crippen LogP contribution >= 0.6 is 0 Å². The maximum absolute atomic E-state index is 11.5. The molecule has 0 aliphatic carbocycles. The van der Waals surface area contributed by atoms with E-state index in [1.807, 2.05) is 19.1 Å². The Labute approximate surface area is 147 Å². The third-order valence-electron chi connectivity index (χ3n) is 4.51. The van der Waals surface area contributed by atoms with Crippen molar-refractivity contribution < 1.29 is 23.9 Å². The summed E-state index contributed by atoms with van der Waals surface area (Å²) in [6.45, 7) is 8.60. The fourth-order valence-corrected chi connectivity index (χ4v) is 3.54. The van der Waals surface area contributed by atoms with E-state index in [4.69, 9.17) is 13.9 Å². The summed E-state index contributed by atoms with van der Waals surface area (Å²) in [5.74, 6) is 0.582. The smallest absolute Gasteiger partial charge is 0.336 e. The summed E-state index contributed by atoms with van der Waals surface area (Å²) in [7, 11) is 0. The number of aliphatic hydroxyl groups excluding tert-OH is 1. The standard InChI is InChI=1S/C19H25NO5/c1-12-6-19(22)25-18-7-16(4-5-17(12)18)23-11-15(21)10-20-8-13(2)24-14(3)9-20/h4-7,13-15,21H,8-11H2,1-3H3/p+1/t13-,14-,15+/m1/s1. The van der Waals surface area contributed by atoms with E-state index in [2.05, 4.69) is 13.8 Å². The van der Waals surface area contributed by atoms with Crippen molar-refractivity contribution in [2.24, 2.45) is 0 Å². The summed E-state index contributed by atoms with van der Waals surface area (Å²) >= 11 is 0. The first-order valence-electron chi connectivity index (χ1n) is 8.75. The average Bonchev–Trinajstić information content (AvgIpc) is 2.51. The molecule has 0 unspecified atom stereocenters. The second-order valence-electron chi connectivity index (χ2n) is 6.99. The van der Waals surface area contributed by atoms with E-state index in [-0.39, 0.29) is 24.4 Å². The summed E-state index contributed by atoms with van der Waals surface area (Å²) < 4.78 is 16.6. The third-order valence-corrected chi connectivity index (χ3v) is 4.51. The van der Waals surface area contributed by atoms with E-state index in [0.29, 0.717) is 17.9 Å². The highest BCUT2D eigenvalue weighted by atomic mass is 16.5. The summed E-state index contributed by atoms with van der Waals surface area (Å²) in [4.78, 5) is 12.8. The number of hydrogen-bond acceptors (Lipinski definition) is 5. The highest BCUT2D eigenvalue weighted by Crippen LogP contribution is 2.22. The maximum atomic E-state index is 11.5. The summed E-state index contributed by atoms with van der Waals surface area (Å²) in [6.07, 6.45) is -0.148. The molecule has 0 radical (unpaired) electrons. The number of quaternary nitrogens is 1. The maximum Gasteiger partial charge on any atom is 0.336 e. The molecule has 0 spiro atoms. The van der Waals surface area contributed by atoms with Crippen molar-refractivity contribution in [1.82, 2.24) is 0 Å². The van der Waals surface area contributed by atoms with Gasteiger partial charge in [0.15, 0.2) is 0 Å². The number of aryl methyl sites for hydroxylation is 1. The van der Waals surface area contributed by atoms with Gasteiger partial charge in [-0.1, -0.05) is 0 Å². The Hall–Kier alpha value is -1.89. The molecule has 2 N–H and O–H groups in total. The Balaban J connectivity index is 1.59. The van der Waals surface area contributed by atoms with Crippen LogP contribution in [-0.2, 0) is 4.74 Å². The van der Waals surface area contributed by atoms with Gasteiger partial charge in [0.2, 0.25) is 0 Å². The van der Waals surface area contributed by atoms with E-state index in [1.165, 1.54) is 11.0 Å². The molecular formula is C19H26NO5+. The summed E-state index contributed by atoms with van der Waals surface area (Å²) in [5.41, 5.74) is 0.997. The van der Waals surface area contributed by atoms with Crippen LogP contribution in [-0.4, -0.2) is 49.7 Å². The number of nitrogens with one attached hydrogen (secondary N) is 1. The van der Waals surface area contributed by atoms with E-state index >= 15 is 0 Å². The van der Waals surface area contributed by atoms with E-state index in [0.717, 1.165) is 24.0 Å². The van der Waals surface area contributed by atoms with Crippen molar-refractivity contribution >= 4 is 11.0 Å². The van der Waals surface area contributed by atoms with Crippen molar-refractivity contribution in [3.05, 3.63) is 40.2 Å². The number of benzene rings is 1. The van der Waals surface area contributed by atoms with Crippen LogP contribution in [0.15, 0.2) is 33.5 Å². The molecule has 1 aliphatic heterocycles. The third kappa shape index (κ3) is 4.60. The van der Waals surface area contributed by atoms with Gasteiger partial charge in [0, 0.05) is 17.5 Å². The number of hydrogen-bond donors (Lipinski definition) is 2. The molecule has 0 bridgehead atoms. The van der Waals surface area contributed by atoms with Gasteiger partial charge in [-0.05, 0) is 38.5 Å². The molecule has 6 heteroatoms. The topological polar surface area (TPSA) is 73.3 Å². The van der Waals surface area contributed by atoms with Crippen molar-refractivity contribution in [3.8, 4) is 5.75 Å². The molecule has 2 heterocycles. The predicted octanol–water partition coefficient (Wildman–Crippen LogP) is 0.533. The van der Waals surface area contributed by atoms with Crippen LogP contribution in [0.2, 0.25) is 0 Å².